The highest BCUT2D eigenvalue weighted by Gasteiger charge is 2.10. The molecular formula is C12H18Br2N2. The molecule has 90 valence electrons. The third kappa shape index (κ3) is 4.15. The van der Waals surface area contributed by atoms with Crippen LogP contribution in [0, 0.1) is 5.92 Å². The fraction of sp³-hybridized carbons (Fsp3) is 0.583. The lowest BCUT2D eigenvalue weighted by Crippen LogP contribution is -2.31. The highest BCUT2D eigenvalue weighted by atomic mass is 79.9. The van der Waals surface area contributed by atoms with E-state index in [2.05, 4.69) is 62.9 Å². The zero-order chi connectivity index (χ0) is 12.1. The van der Waals surface area contributed by atoms with E-state index in [4.69, 9.17) is 0 Å². The average Bonchev–Trinajstić information content (AvgIpc) is 2.26. The maximum absolute atomic E-state index is 4.38. The van der Waals surface area contributed by atoms with Crippen molar-refractivity contribution in [2.45, 2.75) is 39.8 Å². The van der Waals surface area contributed by atoms with Crippen LogP contribution in [0.15, 0.2) is 21.2 Å². The standard InChI is InChI=1S/C12H18Br2N2/c1-4-8(2)9(3)15-7-12-11(14)5-10(13)6-16-12/h5-6,8-9,15H,4,7H2,1-3H3. The molecule has 1 aromatic heterocycles. The van der Waals surface area contributed by atoms with Gasteiger partial charge in [0, 0.05) is 27.7 Å². The van der Waals surface area contributed by atoms with Crippen molar-refractivity contribution in [3.63, 3.8) is 0 Å². The summed E-state index contributed by atoms with van der Waals surface area (Å²) in [5.41, 5.74) is 1.05. The minimum Gasteiger partial charge on any atom is -0.308 e. The van der Waals surface area contributed by atoms with E-state index < -0.39 is 0 Å². The van der Waals surface area contributed by atoms with Crippen LogP contribution in [0.25, 0.3) is 0 Å². The van der Waals surface area contributed by atoms with E-state index in [1.165, 1.54) is 6.42 Å². The summed E-state index contributed by atoms with van der Waals surface area (Å²) in [6.07, 6.45) is 3.03. The fourth-order valence-electron chi connectivity index (χ4n) is 1.39. The summed E-state index contributed by atoms with van der Waals surface area (Å²) >= 11 is 6.92. The third-order valence-corrected chi connectivity index (χ3v) is 4.09. The molecule has 2 nitrogen and oxygen atoms in total. The molecule has 1 N–H and O–H groups in total. The van der Waals surface area contributed by atoms with Crippen molar-refractivity contribution in [1.82, 2.24) is 10.3 Å². The van der Waals surface area contributed by atoms with Gasteiger partial charge in [0.25, 0.3) is 0 Å². The van der Waals surface area contributed by atoms with Crippen molar-refractivity contribution < 1.29 is 0 Å². The van der Waals surface area contributed by atoms with Gasteiger partial charge in [0.15, 0.2) is 0 Å². The summed E-state index contributed by atoms with van der Waals surface area (Å²) in [4.78, 5) is 4.38. The number of aromatic nitrogens is 1. The molecule has 0 aliphatic rings. The van der Waals surface area contributed by atoms with Crippen LogP contribution in [0.5, 0.6) is 0 Å². The first kappa shape index (κ1) is 14.1. The Morgan fingerprint density at radius 1 is 1.38 bits per heavy atom. The van der Waals surface area contributed by atoms with Crippen molar-refractivity contribution in [1.29, 1.82) is 0 Å². The minimum absolute atomic E-state index is 0.516. The van der Waals surface area contributed by atoms with Crippen LogP contribution < -0.4 is 5.32 Å². The maximum Gasteiger partial charge on any atom is 0.0684 e. The molecule has 1 heterocycles. The molecule has 0 aromatic carbocycles. The summed E-state index contributed by atoms with van der Waals surface area (Å²) in [7, 11) is 0. The van der Waals surface area contributed by atoms with Gasteiger partial charge >= 0.3 is 0 Å². The van der Waals surface area contributed by atoms with E-state index in [0.717, 1.165) is 21.2 Å². The molecular weight excluding hydrogens is 332 g/mol. The second kappa shape index (κ2) is 6.72. The Balaban J connectivity index is 2.54. The Morgan fingerprint density at radius 2 is 2.06 bits per heavy atom. The fourth-order valence-corrected chi connectivity index (χ4v) is 2.51. The molecule has 0 spiro atoms. The molecule has 0 amide bonds. The second-order valence-electron chi connectivity index (χ2n) is 4.14. The monoisotopic (exact) mass is 348 g/mol. The Hall–Kier alpha value is 0.0700. The topological polar surface area (TPSA) is 24.9 Å². The molecule has 0 bridgehead atoms. The average molecular weight is 350 g/mol. The summed E-state index contributed by atoms with van der Waals surface area (Å²) in [5.74, 6) is 0.689. The number of hydrogen-bond acceptors (Lipinski definition) is 2. The lowest BCUT2D eigenvalue weighted by Gasteiger charge is -2.19. The van der Waals surface area contributed by atoms with E-state index >= 15 is 0 Å². The first-order valence-electron chi connectivity index (χ1n) is 5.57. The predicted molar refractivity (Wildman–Crippen MR) is 75.4 cm³/mol. The molecule has 1 rings (SSSR count). The minimum atomic E-state index is 0.516. The number of halogens is 2. The highest BCUT2D eigenvalue weighted by Crippen LogP contribution is 2.19. The van der Waals surface area contributed by atoms with Crippen LogP contribution in [-0.2, 0) is 6.54 Å². The van der Waals surface area contributed by atoms with E-state index in [0.29, 0.717) is 12.0 Å². The van der Waals surface area contributed by atoms with Crippen LogP contribution in [0.2, 0.25) is 0 Å². The van der Waals surface area contributed by atoms with Crippen LogP contribution in [0.1, 0.15) is 32.9 Å². The number of nitrogens with one attached hydrogen (secondary N) is 1. The molecule has 4 heteroatoms. The lowest BCUT2D eigenvalue weighted by atomic mass is 10.0. The third-order valence-electron chi connectivity index (χ3n) is 2.97. The number of rotatable bonds is 5. The second-order valence-corrected chi connectivity index (χ2v) is 5.91. The van der Waals surface area contributed by atoms with E-state index in [1.54, 1.807) is 0 Å². The van der Waals surface area contributed by atoms with Gasteiger partial charge in [-0.2, -0.15) is 0 Å². The van der Waals surface area contributed by atoms with Crippen LogP contribution in [-0.4, -0.2) is 11.0 Å². The predicted octanol–water partition coefficient (Wildman–Crippen LogP) is 4.13. The zero-order valence-corrected chi connectivity index (χ0v) is 13.1. The van der Waals surface area contributed by atoms with Crippen LogP contribution in [0.4, 0.5) is 0 Å². The summed E-state index contributed by atoms with van der Waals surface area (Å²) in [6, 6.07) is 2.54. The van der Waals surface area contributed by atoms with Gasteiger partial charge in [0.1, 0.15) is 0 Å². The van der Waals surface area contributed by atoms with Crippen molar-refractivity contribution in [3.8, 4) is 0 Å². The van der Waals surface area contributed by atoms with Gasteiger partial charge in [-0.3, -0.25) is 4.98 Å². The van der Waals surface area contributed by atoms with Gasteiger partial charge in [0.2, 0.25) is 0 Å². The van der Waals surface area contributed by atoms with Crippen molar-refractivity contribution >= 4 is 31.9 Å². The maximum atomic E-state index is 4.38. The number of pyridine rings is 1. The first-order valence-corrected chi connectivity index (χ1v) is 7.16. The summed E-state index contributed by atoms with van der Waals surface area (Å²) < 4.78 is 2.05. The molecule has 16 heavy (non-hydrogen) atoms. The Morgan fingerprint density at radius 3 is 2.62 bits per heavy atom. The van der Waals surface area contributed by atoms with Gasteiger partial charge in [0.05, 0.1) is 5.69 Å². The smallest absolute Gasteiger partial charge is 0.0684 e. The quantitative estimate of drug-likeness (QED) is 0.864. The van der Waals surface area contributed by atoms with Gasteiger partial charge in [-0.15, -0.1) is 0 Å². The Kier molecular flexibility index (Phi) is 5.94. The summed E-state index contributed by atoms with van der Waals surface area (Å²) in [6.45, 7) is 7.51. The van der Waals surface area contributed by atoms with E-state index in [1.807, 2.05) is 12.3 Å². The van der Waals surface area contributed by atoms with Crippen LogP contribution in [0.3, 0.4) is 0 Å². The number of hydrogen-bond donors (Lipinski definition) is 1. The van der Waals surface area contributed by atoms with E-state index in [-0.39, 0.29) is 0 Å². The van der Waals surface area contributed by atoms with Crippen LogP contribution >= 0.6 is 31.9 Å². The van der Waals surface area contributed by atoms with Gasteiger partial charge in [-0.25, -0.2) is 0 Å². The molecule has 0 aliphatic carbocycles. The molecule has 0 saturated heterocycles. The van der Waals surface area contributed by atoms with Gasteiger partial charge in [-0.05, 0) is 50.8 Å². The molecule has 0 aliphatic heterocycles. The highest BCUT2D eigenvalue weighted by molar-refractivity contribution is 9.11. The van der Waals surface area contributed by atoms with Crippen molar-refractivity contribution in [3.05, 3.63) is 26.9 Å². The van der Waals surface area contributed by atoms with Crippen molar-refractivity contribution in [2.75, 3.05) is 0 Å². The molecule has 2 unspecified atom stereocenters. The lowest BCUT2D eigenvalue weighted by molar-refractivity contribution is 0.387. The number of nitrogens with zero attached hydrogens (tertiary/aromatic N) is 1. The van der Waals surface area contributed by atoms with Gasteiger partial charge < -0.3 is 5.32 Å². The molecule has 0 radical (unpaired) electrons. The normalized spacial score (nSPS) is 14.8. The van der Waals surface area contributed by atoms with E-state index in [9.17, 15) is 0 Å². The molecule has 2 atom stereocenters. The largest absolute Gasteiger partial charge is 0.308 e. The zero-order valence-electron chi connectivity index (χ0n) is 9.93. The Labute approximate surface area is 114 Å². The first-order chi connectivity index (χ1) is 7.54. The molecule has 1 aromatic rings. The molecule has 0 saturated carbocycles. The Bertz CT molecular complexity index is 342. The SMILES string of the molecule is CCC(C)C(C)NCc1ncc(Br)cc1Br. The van der Waals surface area contributed by atoms with Gasteiger partial charge in [-0.1, -0.05) is 20.3 Å². The van der Waals surface area contributed by atoms with Crippen molar-refractivity contribution in [2.24, 2.45) is 5.92 Å². The molecule has 0 fully saturated rings. The summed E-state index contributed by atoms with van der Waals surface area (Å²) in [5, 5.41) is 3.50.